The molecule has 0 aliphatic carbocycles. The van der Waals surface area contributed by atoms with Crippen molar-refractivity contribution < 1.29 is 13.2 Å². The lowest BCUT2D eigenvalue weighted by molar-refractivity contribution is -0.149. The highest BCUT2D eigenvalue weighted by molar-refractivity contribution is 6.31. The number of alkyl halides is 3. The van der Waals surface area contributed by atoms with Crippen LogP contribution in [0.4, 0.5) is 13.2 Å². The van der Waals surface area contributed by atoms with Crippen LogP contribution >= 0.6 is 11.6 Å². The van der Waals surface area contributed by atoms with Gasteiger partial charge in [-0.05, 0) is 25.7 Å². The number of halogens is 4. The topological polar surface area (TPSA) is 42.2 Å². The third-order valence-electron chi connectivity index (χ3n) is 2.07. The normalized spacial score (nSPS) is 14.1. The van der Waals surface area contributed by atoms with Crippen LogP contribution in [0, 0.1) is 0 Å². The summed E-state index contributed by atoms with van der Waals surface area (Å²) in [5.41, 5.74) is 5.43. The Morgan fingerprint density at radius 2 is 2.06 bits per heavy atom. The third-order valence-corrected chi connectivity index (χ3v) is 2.38. The molecule has 1 atom stereocenters. The van der Waals surface area contributed by atoms with Gasteiger partial charge in [0.05, 0.1) is 10.7 Å². The molecule has 17 heavy (non-hydrogen) atoms. The van der Waals surface area contributed by atoms with Crippen molar-refractivity contribution in [3.05, 3.63) is 28.5 Å². The summed E-state index contributed by atoms with van der Waals surface area (Å²) in [4.78, 5) is 5.55. The molecular weight excluding hydrogens is 255 g/mol. The van der Waals surface area contributed by atoms with Gasteiger partial charge in [0.25, 0.3) is 0 Å². The van der Waals surface area contributed by atoms with Gasteiger partial charge in [0, 0.05) is 12.7 Å². The molecule has 0 saturated carbocycles. The minimum absolute atomic E-state index is 0.0609. The molecule has 1 unspecified atom stereocenters. The van der Waals surface area contributed by atoms with Crippen molar-refractivity contribution in [1.82, 2.24) is 9.88 Å². The first-order valence-electron chi connectivity index (χ1n) is 4.83. The van der Waals surface area contributed by atoms with Crippen LogP contribution in [-0.2, 0) is 6.54 Å². The highest BCUT2D eigenvalue weighted by Gasteiger charge is 2.39. The Morgan fingerprint density at radius 1 is 1.47 bits per heavy atom. The van der Waals surface area contributed by atoms with Gasteiger partial charge in [-0.15, -0.1) is 0 Å². The Balaban J connectivity index is 2.98. The van der Waals surface area contributed by atoms with Gasteiger partial charge in [-0.3, -0.25) is 4.98 Å². The number of nitrogens with two attached hydrogens (primary N) is 1. The molecule has 0 amide bonds. The number of nitrogens with zero attached hydrogens (tertiary/aromatic N) is 2. The summed E-state index contributed by atoms with van der Waals surface area (Å²) in [6, 6.07) is -0.696. The number of pyridine rings is 1. The Morgan fingerprint density at radius 3 is 2.47 bits per heavy atom. The molecule has 0 aliphatic heterocycles. The van der Waals surface area contributed by atoms with Gasteiger partial charge in [0.1, 0.15) is 6.04 Å². The molecule has 0 bridgehead atoms. The SMILES string of the molecule is CN(C)Cc1cnc(C(N)C(F)(F)F)c(Cl)c1. The van der Waals surface area contributed by atoms with Crippen molar-refractivity contribution in [2.24, 2.45) is 5.73 Å². The van der Waals surface area contributed by atoms with Crippen molar-refractivity contribution in [3.63, 3.8) is 0 Å². The lowest BCUT2D eigenvalue weighted by atomic mass is 10.1. The molecule has 3 nitrogen and oxygen atoms in total. The van der Waals surface area contributed by atoms with E-state index in [0.29, 0.717) is 6.54 Å². The van der Waals surface area contributed by atoms with Crippen LogP contribution < -0.4 is 5.73 Å². The largest absolute Gasteiger partial charge is 0.409 e. The predicted molar refractivity (Wildman–Crippen MR) is 59.6 cm³/mol. The van der Waals surface area contributed by atoms with E-state index in [4.69, 9.17) is 17.3 Å². The Kier molecular flexibility index (Phi) is 4.35. The quantitative estimate of drug-likeness (QED) is 0.914. The second-order valence-electron chi connectivity index (χ2n) is 3.97. The average Bonchev–Trinajstić information content (AvgIpc) is 2.14. The molecule has 1 rings (SSSR count). The molecule has 0 saturated heterocycles. The van der Waals surface area contributed by atoms with Crippen LogP contribution in [0.25, 0.3) is 0 Å². The van der Waals surface area contributed by atoms with E-state index in [1.807, 2.05) is 19.0 Å². The Labute approximate surface area is 102 Å². The second-order valence-corrected chi connectivity index (χ2v) is 4.37. The molecule has 0 aliphatic rings. The highest BCUT2D eigenvalue weighted by Crippen LogP contribution is 2.33. The first-order valence-corrected chi connectivity index (χ1v) is 5.21. The number of aromatic nitrogens is 1. The smallest absolute Gasteiger partial charge is 0.315 e. The van der Waals surface area contributed by atoms with Crippen molar-refractivity contribution in [3.8, 4) is 0 Å². The van der Waals surface area contributed by atoms with Crippen molar-refractivity contribution in [2.45, 2.75) is 18.8 Å². The zero-order valence-corrected chi connectivity index (χ0v) is 10.2. The number of rotatable bonds is 3. The molecule has 0 fully saturated rings. The average molecular weight is 268 g/mol. The summed E-state index contributed by atoms with van der Waals surface area (Å²) in [5.74, 6) is 0. The van der Waals surface area contributed by atoms with Gasteiger partial charge in [-0.25, -0.2) is 0 Å². The van der Waals surface area contributed by atoms with Crippen molar-refractivity contribution in [2.75, 3.05) is 14.1 Å². The molecule has 1 heterocycles. The zero-order valence-electron chi connectivity index (χ0n) is 9.42. The lowest BCUT2D eigenvalue weighted by Crippen LogP contribution is -2.29. The summed E-state index contributed by atoms with van der Waals surface area (Å²) < 4.78 is 37.2. The van der Waals surface area contributed by atoms with E-state index in [-0.39, 0.29) is 10.7 Å². The minimum atomic E-state index is -4.54. The molecule has 7 heteroatoms. The van der Waals surface area contributed by atoms with E-state index in [2.05, 4.69) is 4.98 Å². The summed E-state index contributed by atoms with van der Waals surface area (Å²) in [7, 11) is 3.67. The number of hydrogen-bond donors (Lipinski definition) is 1. The van der Waals surface area contributed by atoms with E-state index >= 15 is 0 Å². The van der Waals surface area contributed by atoms with Gasteiger partial charge >= 0.3 is 6.18 Å². The fourth-order valence-corrected chi connectivity index (χ4v) is 1.63. The molecule has 1 aromatic heterocycles. The maximum absolute atomic E-state index is 12.4. The molecular formula is C10H13ClF3N3. The van der Waals surface area contributed by atoms with Gasteiger partial charge in [-0.2, -0.15) is 13.2 Å². The van der Waals surface area contributed by atoms with E-state index in [1.165, 1.54) is 12.3 Å². The summed E-state index contributed by atoms with van der Waals surface area (Å²) in [6.07, 6.45) is -3.19. The van der Waals surface area contributed by atoms with E-state index in [0.717, 1.165) is 5.56 Å². The van der Waals surface area contributed by atoms with E-state index in [1.54, 1.807) is 0 Å². The third kappa shape index (κ3) is 3.83. The summed E-state index contributed by atoms with van der Waals surface area (Å²) >= 11 is 5.75. The predicted octanol–water partition coefficient (Wildman–Crippen LogP) is 2.36. The van der Waals surface area contributed by atoms with Crippen LogP contribution in [0.15, 0.2) is 12.3 Å². The maximum Gasteiger partial charge on any atom is 0.409 e. The van der Waals surface area contributed by atoms with Crippen LogP contribution in [0.1, 0.15) is 17.3 Å². The fourth-order valence-electron chi connectivity index (χ4n) is 1.32. The van der Waals surface area contributed by atoms with Crippen LogP contribution in [-0.4, -0.2) is 30.2 Å². The monoisotopic (exact) mass is 267 g/mol. The Bertz CT molecular complexity index is 393. The molecule has 0 radical (unpaired) electrons. The van der Waals surface area contributed by atoms with Crippen molar-refractivity contribution in [1.29, 1.82) is 0 Å². The summed E-state index contributed by atoms with van der Waals surface area (Å²) in [5, 5.41) is -0.0609. The van der Waals surface area contributed by atoms with Crippen LogP contribution in [0.2, 0.25) is 5.02 Å². The van der Waals surface area contributed by atoms with Crippen molar-refractivity contribution >= 4 is 11.6 Å². The Hall–Kier alpha value is -0.850. The second kappa shape index (κ2) is 5.20. The fraction of sp³-hybridized carbons (Fsp3) is 0.500. The van der Waals surface area contributed by atoms with Gasteiger partial charge in [0.15, 0.2) is 0 Å². The molecule has 2 N–H and O–H groups in total. The maximum atomic E-state index is 12.4. The van der Waals surface area contributed by atoms with Crippen LogP contribution in [0.5, 0.6) is 0 Å². The number of hydrogen-bond acceptors (Lipinski definition) is 3. The first-order chi connectivity index (χ1) is 7.71. The van der Waals surface area contributed by atoms with Gasteiger partial charge in [0.2, 0.25) is 0 Å². The molecule has 0 spiro atoms. The van der Waals surface area contributed by atoms with E-state index < -0.39 is 12.2 Å². The molecule has 1 aromatic rings. The standard InChI is InChI=1S/C10H13ClF3N3/c1-17(2)5-6-3-7(11)8(16-4-6)9(15)10(12,13)14/h3-4,9H,5,15H2,1-2H3. The summed E-state index contributed by atoms with van der Waals surface area (Å²) in [6.45, 7) is 0.550. The van der Waals surface area contributed by atoms with Gasteiger partial charge in [-0.1, -0.05) is 11.6 Å². The van der Waals surface area contributed by atoms with Gasteiger partial charge < -0.3 is 10.6 Å². The first kappa shape index (κ1) is 14.2. The zero-order chi connectivity index (χ0) is 13.2. The lowest BCUT2D eigenvalue weighted by Gasteiger charge is -2.17. The molecule has 96 valence electrons. The molecule has 0 aromatic carbocycles. The minimum Gasteiger partial charge on any atom is -0.315 e. The highest BCUT2D eigenvalue weighted by atomic mass is 35.5. The van der Waals surface area contributed by atoms with E-state index in [9.17, 15) is 13.2 Å². The van der Waals surface area contributed by atoms with Crippen LogP contribution in [0.3, 0.4) is 0 Å².